The Labute approximate surface area is 149 Å². The first-order valence-electron chi connectivity index (χ1n) is 8.55. The van der Waals surface area contributed by atoms with Crippen LogP contribution in [0.5, 0.6) is 0 Å². The number of carbonyl (C=O) groups excluding carboxylic acids is 2. The van der Waals surface area contributed by atoms with Gasteiger partial charge in [-0.1, -0.05) is 12.1 Å². The largest absolute Gasteiger partial charge is 0.512 e. The van der Waals surface area contributed by atoms with Gasteiger partial charge in [-0.25, -0.2) is 0 Å². The quantitative estimate of drug-likeness (QED) is 0.625. The van der Waals surface area contributed by atoms with Gasteiger partial charge in [-0.3, -0.25) is 19.7 Å². The molecule has 0 fully saturated rings. The third-order valence-electron chi connectivity index (χ3n) is 4.87. The Morgan fingerprint density at radius 2 is 1.31 bits per heavy atom. The minimum absolute atomic E-state index is 0.0803. The van der Waals surface area contributed by atoms with Crippen molar-refractivity contribution in [2.45, 2.75) is 44.4 Å². The number of hydrogen-bond donors (Lipinski definition) is 2. The van der Waals surface area contributed by atoms with Crippen LogP contribution in [-0.2, 0) is 9.59 Å². The fourth-order valence-corrected chi connectivity index (χ4v) is 3.61. The predicted molar refractivity (Wildman–Crippen MR) is 92.9 cm³/mol. The van der Waals surface area contributed by atoms with E-state index < -0.39 is 10.8 Å². The van der Waals surface area contributed by atoms with Crippen molar-refractivity contribution in [3.63, 3.8) is 0 Å². The standard InChI is InChI=1S/C19H19NO6/c21-13-3-1-4-14(22)18(13)17(19-15(23)5-2-6-16(19)24)11-7-9-12(10-8-11)20(25)26/h7-10,17,21,23H,1-6H2. The highest BCUT2D eigenvalue weighted by Gasteiger charge is 2.37. The first-order chi connectivity index (χ1) is 12.4. The molecule has 0 aliphatic heterocycles. The summed E-state index contributed by atoms with van der Waals surface area (Å²) in [6.07, 6.45) is 2.22. The molecule has 0 amide bonds. The second-order valence-electron chi connectivity index (χ2n) is 6.56. The number of nitro groups is 1. The molecule has 0 heterocycles. The van der Waals surface area contributed by atoms with Crippen molar-refractivity contribution in [2.24, 2.45) is 0 Å². The van der Waals surface area contributed by atoms with Crippen molar-refractivity contribution in [2.75, 3.05) is 0 Å². The number of ketones is 2. The minimum atomic E-state index is -0.906. The predicted octanol–water partition coefficient (Wildman–Crippen LogP) is 3.81. The highest BCUT2D eigenvalue weighted by molar-refractivity contribution is 6.05. The van der Waals surface area contributed by atoms with Gasteiger partial charge in [-0.05, 0) is 18.4 Å². The molecule has 1 aromatic carbocycles. The van der Waals surface area contributed by atoms with E-state index in [0.29, 0.717) is 31.2 Å². The average Bonchev–Trinajstić information content (AvgIpc) is 2.60. The summed E-state index contributed by atoms with van der Waals surface area (Å²) in [5, 5.41) is 31.6. The fourth-order valence-electron chi connectivity index (χ4n) is 3.61. The average molecular weight is 357 g/mol. The van der Waals surface area contributed by atoms with E-state index >= 15 is 0 Å². The van der Waals surface area contributed by atoms with Gasteiger partial charge in [0, 0.05) is 54.9 Å². The molecule has 136 valence electrons. The van der Waals surface area contributed by atoms with Crippen LogP contribution in [0.2, 0.25) is 0 Å². The molecule has 0 spiro atoms. The number of rotatable bonds is 4. The van der Waals surface area contributed by atoms with Gasteiger partial charge < -0.3 is 10.2 Å². The van der Waals surface area contributed by atoms with E-state index in [-0.39, 0.29) is 52.8 Å². The second kappa shape index (κ2) is 7.11. The first kappa shape index (κ1) is 17.8. The molecule has 0 unspecified atom stereocenters. The molecule has 26 heavy (non-hydrogen) atoms. The Balaban J connectivity index is 2.18. The Kier molecular flexibility index (Phi) is 4.88. The van der Waals surface area contributed by atoms with Crippen LogP contribution in [0.3, 0.4) is 0 Å². The van der Waals surface area contributed by atoms with Crippen LogP contribution < -0.4 is 0 Å². The molecule has 0 saturated carbocycles. The van der Waals surface area contributed by atoms with Gasteiger partial charge in [-0.15, -0.1) is 0 Å². The molecule has 0 saturated heterocycles. The van der Waals surface area contributed by atoms with E-state index in [0.717, 1.165) is 0 Å². The van der Waals surface area contributed by atoms with Crippen molar-refractivity contribution in [1.29, 1.82) is 0 Å². The maximum absolute atomic E-state index is 12.5. The van der Waals surface area contributed by atoms with Crippen molar-refractivity contribution < 1.29 is 24.7 Å². The number of carbonyl (C=O) groups is 2. The van der Waals surface area contributed by atoms with Crippen LogP contribution >= 0.6 is 0 Å². The van der Waals surface area contributed by atoms with Crippen LogP contribution in [0.25, 0.3) is 0 Å². The molecule has 2 aliphatic carbocycles. The van der Waals surface area contributed by atoms with Gasteiger partial charge in [0.15, 0.2) is 11.6 Å². The molecule has 0 radical (unpaired) electrons. The third kappa shape index (κ3) is 3.24. The highest BCUT2D eigenvalue weighted by atomic mass is 16.6. The number of benzene rings is 1. The number of non-ortho nitro benzene ring substituents is 1. The number of nitro benzene ring substituents is 1. The summed E-state index contributed by atoms with van der Waals surface area (Å²) >= 11 is 0. The Hall–Kier alpha value is -2.96. The smallest absolute Gasteiger partial charge is 0.269 e. The lowest BCUT2D eigenvalue weighted by Crippen LogP contribution is -2.25. The Morgan fingerprint density at radius 3 is 1.69 bits per heavy atom. The monoisotopic (exact) mass is 357 g/mol. The number of aliphatic hydroxyl groups excluding tert-OH is 2. The molecule has 2 N–H and O–H groups in total. The molecular formula is C19H19NO6. The van der Waals surface area contributed by atoms with Crippen LogP contribution in [0.1, 0.15) is 50.0 Å². The third-order valence-corrected chi connectivity index (χ3v) is 4.87. The molecule has 1 aromatic rings. The van der Waals surface area contributed by atoms with Crippen LogP contribution in [0.4, 0.5) is 5.69 Å². The summed E-state index contributed by atoms with van der Waals surface area (Å²) < 4.78 is 0. The molecule has 2 aliphatic rings. The van der Waals surface area contributed by atoms with E-state index in [2.05, 4.69) is 0 Å². The van der Waals surface area contributed by atoms with Gasteiger partial charge in [-0.2, -0.15) is 0 Å². The zero-order valence-corrected chi connectivity index (χ0v) is 14.1. The van der Waals surface area contributed by atoms with Gasteiger partial charge in [0.2, 0.25) is 0 Å². The Morgan fingerprint density at radius 1 is 0.846 bits per heavy atom. The number of Topliss-reactive ketones (excluding diaryl/α,β-unsaturated/α-hetero) is 2. The lowest BCUT2D eigenvalue weighted by molar-refractivity contribution is -0.384. The molecule has 0 atom stereocenters. The molecule has 7 nitrogen and oxygen atoms in total. The maximum atomic E-state index is 12.5. The van der Waals surface area contributed by atoms with E-state index in [4.69, 9.17) is 0 Å². The van der Waals surface area contributed by atoms with E-state index in [1.165, 1.54) is 24.3 Å². The van der Waals surface area contributed by atoms with Crippen LogP contribution in [-0.4, -0.2) is 26.7 Å². The van der Waals surface area contributed by atoms with Crippen molar-refractivity contribution in [1.82, 2.24) is 0 Å². The summed E-state index contributed by atoms with van der Waals surface area (Å²) in [6, 6.07) is 5.51. The highest BCUT2D eigenvalue weighted by Crippen LogP contribution is 2.42. The summed E-state index contributed by atoms with van der Waals surface area (Å²) in [4.78, 5) is 35.4. The zero-order chi connectivity index (χ0) is 18.8. The lowest BCUT2D eigenvalue weighted by atomic mass is 9.74. The summed E-state index contributed by atoms with van der Waals surface area (Å²) in [6.45, 7) is 0. The molecule has 0 bridgehead atoms. The molecule has 0 aromatic heterocycles. The number of hydrogen-bond acceptors (Lipinski definition) is 6. The zero-order valence-electron chi connectivity index (χ0n) is 14.1. The van der Waals surface area contributed by atoms with Crippen molar-refractivity contribution in [3.8, 4) is 0 Å². The van der Waals surface area contributed by atoms with Crippen molar-refractivity contribution in [3.05, 3.63) is 62.6 Å². The summed E-state index contributed by atoms with van der Waals surface area (Å²) in [7, 11) is 0. The minimum Gasteiger partial charge on any atom is -0.512 e. The topological polar surface area (TPSA) is 118 Å². The summed E-state index contributed by atoms with van der Waals surface area (Å²) in [5.41, 5.74) is 0.571. The molecule has 3 rings (SSSR count). The van der Waals surface area contributed by atoms with Gasteiger partial charge in [0.05, 0.1) is 16.4 Å². The van der Waals surface area contributed by atoms with Gasteiger partial charge in [0.1, 0.15) is 0 Å². The van der Waals surface area contributed by atoms with E-state index in [9.17, 15) is 29.9 Å². The first-order valence-corrected chi connectivity index (χ1v) is 8.55. The van der Waals surface area contributed by atoms with E-state index in [1.54, 1.807) is 0 Å². The SMILES string of the molecule is O=C1CCCC(O)=C1C(C1=C(O)CCCC1=O)c1ccc([N+](=O)[O-])cc1. The maximum Gasteiger partial charge on any atom is 0.269 e. The number of allylic oxidation sites excluding steroid dienone is 4. The van der Waals surface area contributed by atoms with E-state index in [1.807, 2.05) is 0 Å². The molecular weight excluding hydrogens is 338 g/mol. The number of nitrogens with zero attached hydrogens (tertiary/aromatic N) is 1. The second-order valence-corrected chi connectivity index (χ2v) is 6.56. The molecule has 7 heteroatoms. The van der Waals surface area contributed by atoms with Crippen LogP contribution in [0, 0.1) is 10.1 Å². The summed E-state index contributed by atoms with van der Waals surface area (Å²) in [5.74, 6) is -1.60. The van der Waals surface area contributed by atoms with Gasteiger partial charge in [0.25, 0.3) is 5.69 Å². The van der Waals surface area contributed by atoms with Crippen LogP contribution in [0.15, 0.2) is 46.9 Å². The number of aliphatic hydroxyl groups is 2. The van der Waals surface area contributed by atoms with Gasteiger partial charge >= 0.3 is 0 Å². The normalized spacial score (nSPS) is 18.7. The fraction of sp³-hybridized carbons (Fsp3) is 0.368. The Bertz CT molecular complexity index is 792. The van der Waals surface area contributed by atoms with Crippen molar-refractivity contribution >= 4 is 17.3 Å². The lowest BCUT2D eigenvalue weighted by Gasteiger charge is -2.28.